The molecule has 3 rings (SSSR count). The van der Waals surface area contributed by atoms with Gasteiger partial charge in [0.25, 0.3) is 0 Å². The average Bonchev–Trinajstić information content (AvgIpc) is 3.10. The largest absolute Gasteiger partial charge is 0.338 e. The highest BCUT2D eigenvalue weighted by Gasteiger charge is 2.33. The van der Waals surface area contributed by atoms with E-state index in [-0.39, 0.29) is 23.5 Å². The molecule has 0 bridgehead atoms. The second kappa shape index (κ2) is 7.41. The van der Waals surface area contributed by atoms with Gasteiger partial charge in [0.1, 0.15) is 5.01 Å². The zero-order chi connectivity index (χ0) is 17.2. The Bertz CT molecular complexity index is 799. The smallest absolute Gasteiger partial charge is 0.232 e. The van der Waals surface area contributed by atoms with Crippen molar-refractivity contribution in [3.8, 4) is 0 Å². The Morgan fingerprint density at radius 1 is 1.42 bits per heavy atom. The van der Waals surface area contributed by atoms with E-state index in [1.54, 1.807) is 16.2 Å². The summed E-state index contributed by atoms with van der Waals surface area (Å²) in [6.45, 7) is 2.46. The van der Waals surface area contributed by atoms with Crippen LogP contribution < -0.4 is 0 Å². The third-order valence-electron chi connectivity index (χ3n) is 4.10. The molecule has 1 fully saturated rings. The molecule has 1 aliphatic rings. The number of hydrogen-bond donors (Lipinski definition) is 0. The Labute approximate surface area is 150 Å². The van der Waals surface area contributed by atoms with E-state index in [1.165, 1.54) is 11.8 Å². The molecule has 0 aliphatic carbocycles. The molecule has 1 aliphatic heterocycles. The van der Waals surface area contributed by atoms with Gasteiger partial charge in [0.2, 0.25) is 5.91 Å². The van der Waals surface area contributed by atoms with Crippen molar-refractivity contribution >= 4 is 49.1 Å². The molecule has 1 aromatic carbocycles. The standard InChI is InChI=1S/C16H20N2O3S3/c1-2-18(12-7-8-24(20,21)11-12)16(19)10-22-9-15-17-13-5-3-4-6-14(13)23-15/h3-6,12H,2,7-11H2,1H3. The van der Waals surface area contributed by atoms with Crippen molar-refractivity contribution in [1.29, 1.82) is 0 Å². The molecule has 1 saturated heterocycles. The van der Waals surface area contributed by atoms with E-state index in [0.717, 1.165) is 15.2 Å². The molecule has 1 unspecified atom stereocenters. The highest BCUT2D eigenvalue weighted by Crippen LogP contribution is 2.25. The van der Waals surface area contributed by atoms with Crippen LogP contribution in [0, 0.1) is 0 Å². The van der Waals surface area contributed by atoms with Gasteiger partial charge in [-0.05, 0) is 25.5 Å². The third-order valence-corrected chi connectivity index (χ3v) is 8.00. The van der Waals surface area contributed by atoms with Gasteiger partial charge >= 0.3 is 0 Å². The van der Waals surface area contributed by atoms with E-state index in [2.05, 4.69) is 4.98 Å². The molecule has 2 aromatic rings. The first-order chi connectivity index (χ1) is 11.5. The lowest BCUT2D eigenvalue weighted by molar-refractivity contribution is -0.129. The maximum Gasteiger partial charge on any atom is 0.232 e. The maximum absolute atomic E-state index is 12.4. The molecule has 130 valence electrons. The fraction of sp³-hybridized carbons (Fsp3) is 0.500. The second-order valence-corrected chi connectivity index (χ2v) is 10.1. The second-order valence-electron chi connectivity index (χ2n) is 5.80. The lowest BCUT2D eigenvalue weighted by Gasteiger charge is -2.26. The Hall–Kier alpha value is -1.12. The number of carbonyl (C=O) groups excluding carboxylic acids is 1. The summed E-state index contributed by atoms with van der Waals surface area (Å²) < 4.78 is 24.4. The van der Waals surface area contributed by atoms with Gasteiger partial charge in [0.05, 0.1) is 27.5 Å². The van der Waals surface area contributed by atoms with Gasteiger partial charge in [-0.2, -0.15) is 0 Å². The van der Waals surface area contributed by atoms with Crippen molar-refractivity contribution in [2.75, 3.05) is 23.8 Å². The molecule has 24 heavy (non-hydrogen) atoms. The minimum Gasteiger partial charge on any atom is -0.338 e. The highest BCUT2D eigenvalue weighted by atomic mass is 32.2. The first-order valence-corrected chi connectivity index (χ1v) is 11.7. The minimum atomic E-state index is -2.97. The summed E-state index contributed by atoms with van der Waals surface area (Å²) in [4.78, 5) is 18.7. The zero-order valence-corrected chi connectivity index (χ0v) is 15.9. The van der Waals surface area contributed by atoms with Crippen LogP contribution in [0.15, 0.2) is 24.3 Å². The Balaban J connectivity index is 1.54. The van der Waals surface area contributed by atoms with E-state index in [9.17, 15) is 13.2 Å². The third kappa shape index (κ3) is 4.10. The van der Waals surface area contributed by atoms with Crippen molar-refractivity contribution in [2.24, 2.45) is 0 Å². The van der Waals surface area contributed by atoms with Crippen molar-refractivity contribution in [3.05, 3.63) is 29.3 Å². The predicted molar refractivity (Wildman–Crippen MR) is 100 cm³/mol. The number of rotatable bonds is 6. The van der Waals surface area contributed by atoms with Crippen LogP contribution in [0.2, 0.25) is 0 Å². The number of thioether (sulfide) groups is 1. The number of carbonyl (C=O) groups is 1. The topological polar surface area (TPSA) is 67.3 Å². The van der Waals surface area contributed by atoms with Crippen LogP contribution in [-0.2, 0) is 20.4 Å². The van der Waals surface area contributed by atoms with Gasteiger partial charge < -0.3 is 4.90 Å². The van der Waals surface area contributed by atoms with Gasteiger partial charge in [-0.25, -0.2) is 13.4 Å². The fourth-order valence-electron chi connectivity index (χ4n) is 2.95. The monoisotopic (exact) mass is 384 g/mol. The molecule has 0 radical (unpaired) electrons. The summed E-state index contributed by atoms with van der Waals surface area (Å²) in [6, 6.07) is 7.85. The molecule has 2 heterocycles. The summed E-state index contributed by atoms with van der Waals surface area (Å²) in [5.74, 6) is 1.38. The summed E-state index contributed by atoms with van der Waals surface area (Å²) in [6.07, 6.45) is 0.560. The summed E-state index contributed by atoms with van der Waals surface area (Å²) in [7, 11) is -2.97. The maximum atomic E-state index is 12.4. The summed E-state index contributed by atoms with van der Waals surface area (Å²) in [5, 5.41) is 1.01. The van der Waals surface area contributed by atoms with Crippen LogP contribution in [0.5, 0.6) is 0 Å². The Morgan fingerprint density at radius 2 is 2.21 bits per heavy atom. The SMILES string of the molecule is CCN(C(=O)CSCc1nc2ccccc2s1)C1CCS(=O)(=O)C1. The fourth-order valence-corrected chi connectivity index (χ4v) is 6.61. The van der Waals surface area contributed by atoms with Crippen LogP contribution in [-0.4, -0.2) is 54.1 Å². The van der Waals surface area contributed by atoms with Crippen LogP contribution >= 0.6 is 23.1 Å². The minimum absolute atomic E-state index is 0.0192. The molecular formula is C16H20N2O3S3. The van der Waals surface area contributed by atoms with E-state index >= 15 is 0 Å². The van der Waals surface area contributed by atoms with Crippen LogP contribution in [0.3, 0.4) is 0 Å². The van der Waals surface area contributed by atoms with Gasteiger partial charge in [-0.3, -0.25) is 4.79 Å². The van der Waals surface area contributed by atoms with Crippen LogP contribution in [0.25, 0.3) is 10.2 Å². The molecule has 1 amide bonds. The average molecular weight is 385 g/mol. The number of amides is 1. The van der Waals surface area contributed by atoms with Gasteiger partial charge in [-0.1, -0.05) is 12.1 Å². The number of nitrogens with zero attached hydrogens (tertiary/aromatic N) is 2. The molecule has 8 heteroatoms. The Kier molecular flexibility index (Phi) is 5.46. The van der Waals surface area contributed by atoms with E-state index in [1.807, 2.05) is 31.2 Å². The highest BCUT2D eigenvalue weighted by molar-refractivity contribution is 7.99. The number of hydrogen-bond acceptors (Lipinski definition) is 6. The van der Waals surface area contributed by atoms with E-state index in [4.69, 9.17) is 0 Å². The predicted octanol–water partition coefficient (Wildman–Crippen LogP) is 2.57. The molecule has 0 saturated carbocycles. The molecule has 0 N–H and O–H groups in total. The number of fused-ring (bicyclic) bond motifs is 1. The first-order valence-electron chi connectivity index (χ1n) is 7.90. The van der Waals surface area contributed by atoms with Gasteiger partial charge in [0.15, 0.2) is 9.84 Å². The van der Waals surface area contributed by atoms with Gasteiger partial charge in [-0.15, -0.1) is 23.1 Å². The molecule has 1 aromatic heterocycles. The van der Waals surface area contributed by atoms with Crippen molar-refractivity contribution in [3.63, 3.8) is 0 Å². The number of para-hydroxylation sites is 1. The Morgan fingerprint density at radius 3 is 2.88 bits per heavy atom. The van der Waals surface area contributed by atoms with Gasteiger partial charge in [0, 0.05) is 18.3 Å². The summed E-state index contributed by atoms with van der Waals surface area (Å²) >= 11 is 3.19. The molecule has 5 nitrogen and oxygen atoms in total. The van der Waals surface area contributed by atoms with Crippen LogP contribution in [0.4, 0.5) is 0 Å². The molecule has 0 spiro atoms. The van der Waals surface area contributed by atoms with E-state index in [0.29, 0.717) is 24.5 Å². The number of sulfone groups is 1. The number of thiazole rings is 1. The molecule has 1 atom stereocenters. The zero-order valence-electron chi connectivity index (χ0n) is 13.5. The van der Waals surface area contributed by atoms with Crippen molar-refractivity contribution < 1.29 is 13.2 Å². The van der Waals surface area contributed by atoms with Crippen LogP contribution in [0.1, 0.15) is 18.4 Å². The van der Waals surface area contributed by atoms with Crippen molar-refractivity contribution in [1.82, 2.24) is 9.88 Å². The normalized spacial score (nSPS) is 19.6. The molecular weight excluding hydrogens is 364 g/mol. The number of aromatic nitrogens is 1. The van der Waals surface area contributed by atoms with E-state index < -0.39 is 9.84 Å². The number of benzene rings is 1. The lowest BCUT2D eigenvalue weighted by atomic mass is 10.2. The summed E-state index contributed by atoms with van der Waals surface area (Å²) in [5.41, 5.74) is 0.996. The first kappa shape index (κ1) is 17.7. The quantitative estimate of drug-likeness (QED) is 0.766. The van der Waals surface area contributed by atoms with Crippen molar-refractivity contribution in [2.45, 2.75) is 25.1 Å². The lowest BCUT2D eigenvalue weighted by Crippen LogP contribution is -2.41.